The van der Waals surface area contributed by atoms with Gasteiger partial charge < -0.3 is 5.32 Å². The van der Waals surface area contributed by atoms with E-state index >= 15 is 0 Å². The van der Waals surface area contributed by atoms with Crippen LogP contribution in [0, 0.1) is 0 Å². The number of anilines is 1. The molecular weight excluding hydrogens is 266 g/mol. The lowest BCUT2D eigenvalue weighted by Gasteiger charge is -2.10. The predicted octanol–water partition coefficient (Wildman–Crippen LogP) is 0.335. The van der Waals surface area contributed by atoms with Crippen LogP contribution in [0.1, 0.15) is 5.69 Å². The van der Waals surface area contributed by atoms with Crippen molar-refractivity contribution in [2.45, 2.75) is 11.4 Å². The third-order valence-electron chi connectivity index (χ3n) is 2.56. The number of nitrogens with one attached hydrogen (secondary N) is 2. The first kappa shape index (κ1) is 13.5. The van der Waals surface area contributed by atoms with E-state index in [9.17, 15) is 8.42 Å². The molecule has 0 atom stereocenters. The van der Waals surface area contributed by atoms with E-state index in [1.54, 1.807) is 42.2 Å². The number of benzene rings is 1. The Hall–Kier alpha value is -1.93. The van der Waals surface area contributed by atoms with Crippen LogP contribution in [0.15, 0.2) is 35.4 Å². The van der Waals surface area contributed by atoms with Gasteiger partial charge in [0.25, 0.3) is 0 Å². The van der Waals surface area contributed by atoms with E-state index in [-0.39, 0.29) is 4.90 Å². The third kappa shape index (κ3) is 3.09. The van der Waals surface area contributed by atoms with Gasteiger partial charge in [-0.05, 0) is 19.2 Å². The van der Waals surface area contributed by atoms with Crippen LogP contribution in [-0.2, 0) is 23.6 Å². The van der Waals surface area contributed by atoms with Crippen LogP contribution in [0.5, 0.6) is 0 Å². The Balaban J connectivity index is 2.21. The normalized spacial score (nSPS) is 11.5. The molecule has 1 heterocycles. The maximum atomic E-state index is 11.9. The summed E-state index contributed by atoms with van der Waals surface area (Å²) in [4.78, 5) is 0.210. The quantitative estimate of drug-likeness (QED) is 0.824. The first-order valence-electron chi connectivity index (χ1n) is 5.64. The molecule has 0 aliphatic carbocycles. The Kier molecular flexibility index (Phi) is 3.82. The Labute approximate surface area is 111 Å². The van der Waals surface area contributed by atoms with Crippen molar-refractivity contribution in [3.05, 3.63) is 36.2 Å². The number of sulfonamides is 1. The highest BCUT2D eigenvalue weighted by Gasteiger charge is 2.15. The van der Waals surface area contributed by atoms with Gasteiger partial charge in [0.2, 0.25) is 10.0 Å². The zero-order chi connectivity index (χ0) is 13.9. The van der Waals surface area contributed by atoms with Crippen molar-refractivity contribution < 1.29 is 8.42 Å². The predicted molar refractivity (Wildman–Crippen MR) is 71.0 cm³/mol. The molecule has 19 heavy (non-hydrogen) atoms. The minimum atomic E-state index is -3.48. The maximum Gasteiger partial charge on any atom is 0.242 e. The van der Waals surface area contributed by atoms with Crippen LogP contribution >= 0.6 is 0 Å². The lowest BCUT2D eigenvalue weighted by atomic mass is 10.3. The number of hydrogen-bond donors (Lipinski definition) is 2. The van der Waals surface area contributed by atoms with E-state index in [2.05, 4.69) is 20.4 Å². The van der Waals surface area contributed by atoms with Crippen molar-refractivity contribution in [3.63, 3.8) is 0 Å². The van der Waals surface area contributed by atoms with Gasteiger partial charge >= 0.3 is 0 Å². The summed E-state index contributed by atoms with van der Waals surface area (Å²) in [5, 5.41) is 10.8. The Morgan fingerprint density at radius 1 is 1.32 bits per heavy atom. The van der Waals surface area contributed by atoms with E-state index in [0.29, 0.717) is 12.2 Å². The molecule has 0 unspecified atom stereocenters. The summed E-state index contributed by atoms with van der Waals surface area (Å²) in [6.07, 6.45) is 1.77. The molecule has 0 amide bonds. The van der Waals surface area contributed by atoms with Gasteiger partial charge in [-0.3, -0.25) is 4.68 Å². The molecule has 0 spiro atoms. The number of rotatable bonds is 5. The SMILES string of the molecule is CNS(=O)(=O)c1ccccc1NCc1cn(C)nn1. The first-order chi connectivity index (χ1) is 9.03. The van der Waals surface area contributed by atoms with Gasteiger partial charge in [-0.15, -0.1) is 5.10 Å². The highest BCUT2D eigenvalue weighted by molar-refractivity contribution is 7.89. The van der Waals surface area contributed by atoms with Crippen molar-refractivity contribution in [1.29, 1.82) is 0 Å². The van der Waals surface area contributed by atoms with Gasteiger partial charge in [0.1, 0.15) is 10.6 Å². The summed E-state index contributed by atoms with van der Waals surface area (Å²) in [6, 6.07) is 6.71. The first-order valence-corrected chi connectivity index (χ1v) is 7.13. The van der Waals surface area contributed by atoms with Crippen molar-refractivity contribution >= 4 is 15.7 Å². The number of hydrogen-bond acceptors (Lipinski definition) is 5. The molecule has 102 valence electrons. The van der Waals surface area contributed by atoms with E-state index in [4.69, 9.17) is 0 Å². The molecular formula is C11H15N5O2S. The molecule has 0 aliphatic heterocycles. The number of aromatic nitrogens is 3. The average molecular weight is 281 g/mol. The van der Waals surface area contributed by atoms with E-state index in [1.165, 1.54) is 7.05 Å². The highest BCUT2D eigenvalue weighted by Crippen LogP contribution is 2.20. The van der Waals surface area contributed by atoms with Crippen LogP contribution < -0.4 is 10.0 Å². The van der Waals surface area contributed by atoms with Gasteiger partial charge in [-0.2, -0.15) is 0 Å². The Morgan fingerprint density at radius 2 is 2.05 bits per heavy atom. The summed E-state index contributed by atoms with van der Waals surface area (Å²) < 4.78 is 27.6. The molecule has 0 saturated carbocycles. The maximum absolute atomic E-state index is 11.9. The van der Waals surface area contributed by atoms with E-state index < -0.39 is 10.0 Å². The second kappa shape index (κ2) is 5.37. The second-order valence-electron chi connectivity index (χ2n) is 3.94. The monoisotopic (exact) mass is 281 g/mol. The molecule has 8 heteroatoms. The molecule has 0 bridgehead atoms. The van der Waals surface area contributed by atoms with Gasteiger partial charge in [0, 0.05) is 13.2 Å². The Bertz CT molecular complexity index is 665. The minimum absolute atomic E-state index is 0.210. The van der Waals surface area contributed by atoms with Crippen LogP contribution in [0.4, 0.5) is 5.69 Å². The molecule has 0 radical (unpaired) electrons. The number of aryl methyl sites for hydroxylation is 1. The molecule has 0 saturated heterocycles. The molecule has 2 rings (SSSR count). The zero-order valence-corrected chi connectivity index (χ0v) is 11.5. The van der Waals surface area contributed by atoms with Gasteiger partial charge in [-0.25, -0.2) is 13.1 Å². The molecule has 2 N–H and O–H groups in total. The lowest BCUT2D eigenvalue weighted by Crippen LogP contribution is -2.20. The fraction of sp³-hybridized carbons (Fsp3) is 0.273. The molecule has 0 fully saturated rings. The smallest absolute Gasteiger partial charge is 0.242 e. The molecule has 7 nitrogen and oxygen atoms in total. The topological polar surface area (TPSA) is 88.9 Å². The van der Waals surface area contributed by atoms with Crippen molar-refractivity contribution in [2.24, 2.45) is 7.05 Å². The summed E-state index contributed by atoms with van der Waals surface area (Å²) in [6.45, 7) is 0.407. The average Bonchev–Trinajstić information content (AvgIpc) is 2.82. The largest absolute Gasteiger partial charge is 0.378 e. The Morgan fingerprint density at radius 3 is 2.68 bits per heavy atom. The summed E-state index contributed by atoms with van der Waals surface area (Å²) in [5.74, 6) is 0. The number of nitrogens with zero attached hydrogens (tertiary/aromatic N) is 3. The zero-order valence-electron chi connectivity index (χ0n) is 10.7. The van der Waals surface area contributed by atoms with Gasteiger partial charge in [0.05, 0.1) is 12.2 Å². The van der Waals surface area contributed by atoms with Crippen LogP contribution in [0.2, 0.25) is 0 Å². The van der Waals surface area contributed by atoms with Crippen molar-refractivity contribution in [3.8, 4) is 0 Å². The van der Waals surface area contributed by atoms with Crippen molar-refractivity contribution in [2.75, 3.05) is 12.4 Å². The fourth-order valence-corrected chi connectivity index (χ4v) is 2.53. The molecule has 0 aliphatic rings. The van der Waals surface area contributed by atoms with Gasteiger partial charge in [0.15, 0.2) is 0 Å². The summed E-state index contributed by atoms with van der Waals surface area (Å²) >= 11 is 0. The lowest BCUT2D eigenvalue weighted by molar-refractivity contribution is 0.588. The summed E-state index contributed by atoms with van der Waals surface area (Å²) in [7, 11) is -0.324. The van der Waals surface area contributed by atoms with Crippen LogP contribution in [0.25, 0.3) is 0 Å². The second-order valence-corrected chi connectivity index (χ2v) is 5.80. The molecule has 1 aromatic carbocycles. The highest BCUT2D eigenvalue weighted by atomic mass is 32.2. The van der Waals surface area contributed by atoms with E-state index in [0.717, 1.165) is 5.69 Å². The van der Waals surface area contributed by atoms with Gasteiger partial charge in [-0.1, -0.05) is 17.3 Å². The van der Waals surface area contributed by atoms with Crippen LogP contribution in [-0.4, -0.2) is 30.5 Å². The third-order valence-corrected chi connectivity index (χ3v) is 4.03. The molecule has 1 aromatic heterocycles. The number of para-hydroxylation sites is 1. The fourth-order valence-electron chi connectivity index (χ4n) is 1.62. The van der Waals surface area contributed by atoms with Crippen molar-refractivity contribution in [1.82, 2.24) is 19.7 Å². The standard InChI is InChI=1S/C11H15N5O2S/c1-12-19(17,18)11-6-4-3-5-10(11)13-7-9-8-16(2)15-14-9/h3-6,8,12-13H,7H2,1-2H3. The summed E-state index contributed by atoms with van der Waals surface area (Å²) in [5.41, 5.74) is 1.27. The molecule has 2 aromatic rings. The minimum Gasteiger partial charge on any atom is -0.378 e. The van der Waals surface area contributed by atoms with Crippen LogP contribution in [0.3, 0.4) is 0 Å². The van der Waals surface area contributed by atoms with E-state index in [1.807, 2.05) is 0 Å².